The maximum atomic E-state index is 13.0. The Labute approximate surface area is 122 Å². The van der Waals surface area contributed by atoms with Crippen molar-refractivity contribution in [2.75, 3.05) is 26.2 Å². The van der Waals surface area contributed by atoms with Crippen LogP contribution in [-0.4, -0.2) is 61.5 Å². The lowest BCUT2D eigenvalue weighted by molar-refractivity contribution is -0.0203. The molecule has 118 valence electrons. The zero-order chi connectivity index (χ0) is 14.9. The zero-order valence-electron chi connectivity index (χ0n) is 12.7. The minimum atomic E-state index is -3.45. The number of hydrogen-bond acceptors (Lipinski definition) is 4. The average molecular weight is 305 g/mol. The van der Waals surface area contributed by atoms with E-state index in [0.717, 1.165) is 12.8 Å². The van der Waals surface area contributed by atoms with Crippen molar-refractivity contribution in [1.82, 2.24) is 8.61 Å². The average Bonchev–Trinajstić information content (AvgIpc) is 2.41. The number of piperidine rings is 1. The Morgan fingerprint density at radius 3 is 2.60 bits per heavy atom. The number of nitrogens with zero attached hydrogens (tertiary/aromatic N) is 2. The van der Waals surface area contributed by atoms with Gasteiger partial charge >= 0.3 is 0 Å². The maximum Gasteiger partial charge on any atom is 0.282 e. The van der Waals surface area contributed by atoms with Crippen LogP contribution in [0.1, 0.15) is 33.6 Å². The molecule has 0 bridgehead atoms. The normalized spacial score (nSPS) is 38.0. The van der Waals surface area contributed by atoms with Crippen LogP contribution in [0.15, 0.2) is 0 Å². The van der Waals surface area contributed by atoms with E-state index in [0.29, 0.717) is 32.2 Å². The van der Waals surface area contributed by atoms with Crippen molar-refractivity contribution in [2.24, 2.45) is 11.7 Å². The largest absolute Gasteiger partial charge is 0.375 e. The number of ether oxygens (including phenoxy) is 1. The van der Waals surface area contributed by atoms with E-state index in [2.05, 4.69) is 6.92 Å². The van der Waals surface area contributed by atoms with E-state index in [9.17, 15) is 8.42 Å². The lowest BCUT2D eigenvalue weighted by Crippen LogP contribution is -2.60. The highest BCUT2D eigenvalue weighted by atomic mass is 32.2. The summed E-state index contributed by atoms with van der Waals surface area (Å²) in [5, 5.41) is 0. The standard InChI is InChI=1S/C13H27N3O3S/c1-10-5-4-6-15(13(10)7-14)20(17,18)16-8-12(3)19-9-11(16)2/h10-13H,4-9,14H2,1-3H3/t10-,11-,12+,13-/m0/s1. The molecule has 0 aromatic rings. The van der Waals surface area contributed by atoms with Gasteiger partial charge in [0.15, 0.2) is 0 Å². The monoisotopic (exact) mass is 305 g/mol. The Bertz CT molecular complexity index is 429. The van der Waals surface area contributed by atoms with Crippen molar-refractivity contribution in [2.45, 2.75) is 51.8 Å². The molecule has 0 amide bonds. The Morgan fingerprint density at radius 1 is 1.25 bits per heavy atom. The molecule has 0 aromatic heterocycles. The molecule has 0 unspecified atom stereocenters. The van der Waals surface area contributed by atoms with Gasteiger partial charge in [-0.2, -0.15) is 17.0 Å². The van der Waals surface area contributed by atoms with Gasteiger partial charge in [-0.1, -0.05) is 6.92 Å². The van der Waals surface area contributed by atoms with E-state index < -0.39 is 10.2 Å². The lowest BCUT2D eigenvalue weighted by atomic mass is 9.93. The van der Waals surface area contributed by atoms with E-state index in [1.807, 2.05) is 13.8 Å². The quantitative estimate of drug-likeness (QED) is 0.819. The molecule has 0 radical (unpaired) electrons. The first kappa shape index (κ1) is 16.2. The highest BCUT2D eigenvalue weighted by Gasteiger charge is 2.42. The first-order valence-electron chi connectivity index (χ1n) is 7.48. The first-order chi connectivity index (χ1) is 9.37. The van der Waals surface area contributed by atoms with Gasteiger partial charge in [-0.15, -0.1) is 0 Å². The second-order valence-electron chi connectivity index (χ2n) is 6.10. The van der Waals surface area contributed by atoms with Crippen LogP contribution < -0.4 is 5.73 Å². The third-order valence-electron chi connectivity index (χ3n) is 4.45. The van der Waals surface area contributed by atoms with Crippen LogP contribution in [0.2, 0.25) is 0 Å². The van der Waals surface area contributed by atoms with Gasteiger partial charge in [0, 0.05) is 31.7 Å². The summed E-state index contributed by atoms with van der Waals surface area (Å²) in [6.45, 7) is 7.73. The van der Waals surface area contributed by atoms with Crippen LogP contribution >= 0.6 is 0 Å². The fourth-order valence-electron chi connectivity index (χ4n) is 3.18. The molecular weight excluding hydrogens is 278 g/mol. The van der Waals surface area contributed by atoms with Gasteiger partial charge in [0.2, 0.25) is 0 Å². The summed E-state index contributed by atoms with van der Waals surface area (Å²) in [6.07, 6.45) is 1.90. The number of nitrogens with two attached hydrogens (primary N) is 1. The summed E-state index contributed by atoms with van der Waals surface area (Å²) in [5.74, 6) is 0.317. The van der Waals surface area contributed by atoms with E-state index in [-0.39, 0.29) is 18.2 Å². The summed E-state index contributed by atoms with van der Waals surface area (Å²) in [6, 6.07) is -0.203. The highest BCUT2D eigenvalue weighted by molar-refractivity contribution is 7.86. The molecule has 6 nitrogen and oxygen atoms in total. The molecule has 20 heavy (non-hydrogen) atoms. The van der Waals surface area contributed by atoms with Crippen LogP contribution in [0.4, 0.5) is 0 Å². The van der Waals surface area contributed by atoms with Gasteiger partial charge in [-0.05, 0) is 32.6 Å². The number of morpholine rings is 1. The van der Waals surface area contributed by atoms with Crippen molar-refractivity contribution in [1.29, 1.82) is 0 Å². The minimum Gasteiger partial charge on any atom is -0.375 e. The Kier molecular flexibility index (Phi) is 5.07. The third-order valence-corrected chi connectivity index (χ3v) is 6.60. The second-order valence-corrected chi connectivity index (χ2v) is 7.94. The molecule has 0 spiro atoms. The van der Waals surface area contributed by atoms with E-state index in [1.54, 1.807) is 8.61 Å². The van der Waals surface area contributed by atoms with Crippen LogP contribution in [0.25, 0.3) is 0 Å². The van der Waals surface area contributed by atoms with Crippen molar-refractivity contribution in [3.05, 3.63) is 0 Å². The predicted molar refractivity (Wildman–Crippen MR) is 78.4 cm³/mol. The molecular formula is C13H27N3O3S. The topological polar surface area (TPSA) is 75.9 Å². The number of rotatable bonds is 3. The molecule has 2 N–H and O–H groups in total. The van der Waals surface area contributed by atoms with Crippen LogP contribution in [-0.2, 0) is 14.9 Å². The molecule has 0 aromatic carbocycles. The van der Waals surface area contributed by atoms with Gasteiger partial charge in [-0.3, -0.25) is 0 Å². The molecule has 4 atom stereocenters. The van der Waals surface area contributed by atoms with Crippen LogP contribution in [0.3, 0.4) is 0 Å². The highest BCUT2D eigenvalue weighted by Crippen LogP contribution is 2.28. The third kappa shape index (κ3) is 3.01. The lowest BCUT2D eigenvalue weighted by Gasteiger charge is -2.44. The van der Waals surface area contributed by atoms with E-state index >= 15 is 0 Å². The van der Waals surface area contributed by atoms with Crippen molar-refractivity contribution >= 4 is 10.2 Å². The first-order valence-corrected chi connectivity index (χ1v) is 8.88. The maximum absolute atomic E-state index is 13.0. The Morgan fingerprint density at radius 2 is 1.95 bits per heavy atom. The molecule has 0 saturated carbocycles. The Hall–Kier alpha value is -0.210. The molecule has 2 saturated heterocycles. The molecule has 7 heteroatoms. The van der Waals surface area contributed by atoms with Crippen molar-refractivity contribution in [3.8, 4) is 0 Å². The molecule has 2 heterocycles. The SMILES string of the molecule is C[C@@H]1CN(S(=O)(=O)N2CCC[C@H](C)[C@@H]2CN)[C@@H](C)CO1. The molecule has 2 rings (SSSR count). The zero-order valence-corrected chi connectivity index (χ0v) is 13.5. The Balaban J connectivity index is 2.23. The minimum absolute atomic E-state index is 0.0560. The second kappa shape index (κ2) is 6.27. The van der Waals surface area contributed by atoms with Crippen molar-refractivity contribution in [3.63, 3.8) is 0 Å². The van der Waals surface area contributed by atoms with E-state index in [4.69, 9.17) is 10.5 Å². The van der Waals surface area contributed by atoms with E-state index in [1.165, 1.54) is 0 Å². The van der Waals surface area contributed by atoms with Gasteiger partial charge in [-0.25, -0.2) is 0 Å². The summed E-state index contributed by atoms with van der Waals surface area (Å²) < 4.78 is 34.6. The summed E-state index contributed by atoms with van der Waals surface area (Å²) in [4.78, 5) is 0. The number of hydrogen-bond donors (Lipinski definition) is 1. The summed E-state index contributed by atoms with van der Waals surface area (Å²) in [7, 11) is -3.45. The van der Waals surface area contributed by atoms with Gasteiger partial charge < -0.3 is 10.5 Å². The van der Waals surface area contributed by atoms with Gasteiger partial charge in [0.25, 0.3) is 10.2 Å². The molecule has 2 aliphatic rings. The van der Waals surface area contributed by atoms with Gasteiger partial charge in [0.05, 0.1) is 12.7 Å². The van der Waals surface area contributed by atoms with Crippen LogP contribution in [0, 0.1) is 5.92 Å². The molecule has 2 fully saturated rings. The van der Waals surface area contributed by atoms with Crippen LogP contribution in [0.5, 0.6) is 0 Å². The molecule has 2 aliphatic heterocycles. The fourth-order valence-corrected chi connectivity index (χ4v) is 5.36. The summed E-state index contributed by atoms with van der Waals surface area (Å²) >= 11 is 0. The van der Waals surface area contributed by atoms with Crippen molar-refractivity contribution < 1.29 is 13.2 Å². The predicted octanol–water partition coefficient (Wildman–Crippen LogP) is 0.400. The smallest absolute Gasteiger partial charge is 0.282 e. The fraction of sp³-hybridized carbons (Fsp3) is 1.00. The van der Waals surface area contributed by atoms with Gasteiger partial charge in [0.1, 0.15) is 0 Å². The molecule has 0 aliphatic carbocycles. The summed E-state index contributed by atoms with van der Waals surface area (Å²) in [5.41, 5.74) is 5.82.